The number of hydrogen-bond acceptors (Lipinski definition) is 3. The van der Waals surface area contributed by atoms with Gasteiger partial charge in [-0.1, -0.05) is 32.0 Å². The minimum Gasteiger partial charge on any atom is -0.464 e. The fraction of sp³-hybridized carbons (Fsp3) is 0.357. The zero-order valence-electron chi connectivity index (χ0n) is 10.1. The van der Waals surface area contributed by atoms with Gasteiger partial charge in [0, 0.05) is 12.0 Å². The van der Waals surface area contributed by atoms with Crippen LogP contribution >= 0.6 is 0 Å². The van der Waals surface area contributed by atoms with Crippen molar-refractivity contribution in [2.24, 2.45) is 5.92 Å². The topological polar surface area (TPSA) is 39.4 Å². The molecule has 0 fully saturated rings. The fourth-order valence-electron chi connectivity index (χ4n) is 1.66. The maximum atomic E-state index is 11.9. The summed E-state index contributed by atoms with van der Waals surface area (Å²) in [6.45, 7) is 4.82. The molecule has 0 aliphatic heterocycles. The Hall–Kier alpha value is -1.61. The number of carbonyl (C=O) groups is 1. The summed E-state index contributed by atoms with van der Waals surface area (Å²) in [6.07, 6.45) is 1.51. The molecule has 2 aromatic rings. The number of benzene rings is 1. The number of carbonyl (C=O) groups excluding carboxylic acids is 1. The first-order chi connectivity index (χ1) is 8.18. The lowest BCUT2D eigenvalue weighted by atomic mass is 10.1. The van der Waals surface area contributed by atoms with Crippen LogP contribution in [0, 0.1) is 5.92 Å². The number of hydrogen-bond donors (Lipinski definition) is 0. The monoisotopic (exact) mass is 232 g/mol. The molecule has 0 aliphatic carbocycles. The van der Waals surface area contributed by atoms with Gasteiger partial charge in [-0.25, -0.2) is 0 Å². The number of Topliss-reactive ketones (excluding diaryl/α,β-unsaturated/α-hetero) is 1. The molecule has 0 saturated carbocycles. The van der Waals surface area contributed by atoms with E-state index in [2.05, 4.69) is 13.8 Å². The van der Waals surface area contributed by atoms with Gasteiger partial charge in [-0.3, -0.25) is 4.79 Å². The summed E-state index contributed by atoms with van der Waals surface area (Å²) in [4.78, 5) is 11.9. The molecule has 90 valence electrons. The highest BCUT2D eigenvalue weighted by molar-refractivity contribution is 6.07. The minimum absolute atomic E-state index is 0.0319. The van der Waals surface area contributed by atoms with Crippen molar-refractivity contribution in [1.82, 2.24) is 0 Å². The highest BCUT2D eigenvalue weighted by atomic mass is 16.5. The van der Waals surface area contributed by atoms with Crippen LogP contribution in [0.25, 0.3) is 11.0 Å². The van der Waals surface area contributed by atoms with Gasteiger partial charge in [0.15, 0.2) is 5.78 Å². The number of fused-ring (bicyclic) bond motifs is 1. The maximum absolute atomic E-state index is 11.9. The average Bonchev–Trinajstić information content (AvgIpc) is 2.72. The quantitative estimate of drug-likeness (QED) is 0.742. The number of rotatable bonds is 5. The van der Waals surface area contributed by atoms with Crippen molar-refractivity contribution in [3.05, 3.63) is 36.1 Å². The van der Waals surface area contributed by atoms with E-state index in [9.17, 15) is 4.79 Å². The zero-order chi connectivity index (χ0) is 12.3. The van der Waals surface area contributed by atoms with Crippen molar-refractivity contribution in [1.29, 1.82) is 0 Å². The minimum atomic E-state index is -0.0319. The van der Waals surface area contributed by atoms with E-state index in [-0.39, 0.29) is 12.4 Å². The van der Waals surface area contributed by atoms with Gasteiger partial charge in [-0.15, -0.1) is 0 Å². The molecule has 0 saturated heterocycles. The molecule has 0 atom stereocenters. The Morgan fingerprint density at radius 3 is 2.88 bits per heavy atom. The SMILES string of the molecule is CC(C)COCC(=O)c1coc2ccccc12. The van der Waals surface area contributed by atoms with E-state index in [4.69, 9.17) is 9.15 Å². The third-order valence-corrected chi connectivity index (χ3v) is 2.47. The summed E-state index contributed by atoms with van der Waals surface area (Å²) < 4.78 is 10.7. The molecule has 0 bridgehead atoms. The molecule has 0 unspecified atom stereocenters. The molecule has 0 radical (unpaired) electrons. The number of ether oxygens (including phenoxy) is 1. The van der Waals surface area contributed by atoms with Crippen molar-refractivity contribution in [3.8, 4) is 0 Å². The van der Waals surface area contributed by atoms with Gasteiger partial charge >= 0.3 is 0 Å². The second kappa shape index (κ2) is 5.15. The first-order valence-corrected chi connectivity index (χ1v) is 5.75. The van der Waals surface area contributed by atoms with Crippen LogP contribution in [0.1, 0.15) is 24.2 Å². The van der Waals surface area contributed by atoms with Crippen molar-refractivity contribution in [2.45, 2.75) is 13.8 Å². The molecule has 1 aromatic carbocycles. The summed E-state index contributed by atoms with van der Waals surface area (Å²) in [5.41, 5.74) is 1.34. The molecule has 1 heterocycles. The van der Waals surface area contributed by atoms with Crippen LogP contribution in [0.15, 0.2) is 34.9 Å². The van der Waals surface area contributed by atoms with E-state index in [0.717, 1.165) is 11.0 Å². The van der Waals surface area contributed by atoms with Gasteiger partial charge in [-0.2, -0.15) is 0 Å². The Morgan fingerprint density at radius 1 is 1.35 bits per heavy atom. The Balaban J connectivity index is 2.09. The molecular formula is C14H16O3. The maximum Gasteiger partial charge on any atom is 0.192 e. The largest absolute Gasteiger partial charge is 0.464 e. The van der Waals surface area contributed by atoms with E-state index < -0.39 is 0 Å². The van der Waals surface area contributed by atoms with E-state index in [1.165, 1.54) is 6.26 Å². The van der Waals surface area contributed by atoms with Gasteiger partial charge in [-0.05, 0) is 12.0 Å². The summed E-state index contributed by atoms with van der Waals surface area (Å²) in [5.74, 6) is 0.402. The Bertz CT molecular complexity index is 511. The van der Waals surface area contributed by atoms with Crippen molar-refractivity contribution < 1.29 is 13.9 Å². The van der Waals surface area contributed by atoms with Gasteiger partial charge in [0.25, 0.3) is 0 Å². The Kier molecular flexibility index (Phi) is 3.59. The molecule has 0 spiro atoms. The summed E-state index contributed by atoms with van der Waals surface area (Å²) >= 11 is 0. The standard InChI is InChI=1S/C14H16O3/c1-10(2)7-16-9-13(15)12-8-17-14-6-4-3-5-11(12)14/h3-6,8,10H,7,9H2,1-2H3. The van der Waals surface area contributed by atoms with Gasteiger partial charge in [0.05, 0.1) is 5.56 Å². The van der Waals surface area contributed by atoms with Gasteiger partial charge < -0.3 is 9.15 Å². The van der Waals surface area contributed by atoms with Gasteiger partial charge in [0.2, 0.25) is 0 Å². The van der Waals surface area contributed by atoms with Crippen LogP contribution < -0.4 is 0 Å². The Morgan fingerprint density at radius 2 is 2.12 bits per heavy atom. The van der Waals surface area contributed by atoms with Crippen LogP contribution in [0.2, 0.25) is 0 Å². The third kappa shape index (κ3) is 2.74. The van der Waals surface area contributed by atoms with E-state index in [1.54, 1.807) is 0 Å². The second-order valence-corrected chi connectivity index (χ2v) is 4.48. The third-order valence-electron chi connectivity index (χ3n) is 2.47. The van der Waals surface area contributed by atoms with Crippen LogP contribution in [0.5, 0.6) is 0 Å². The predicted molar refractivity (Wildman–Crippen MR) is 66.2 cm³/mol. The lowest BCUT2D eigenvalue weighted by Crippen LogP contribution is -2.11. The van der Waals surface area contributed by atoms with Crippen LogP contribution in [0.4, 0.5) is 0 Å². The molecule has 0 aliphatic rings. The molecule has 17 heavy (non-hydrogen) atoms. The van der Waals surface area contributed by atoms with E-state index in [0.29, 0.717) is 18.1 Å². The highest BCUT2D eigenvalue weighted by Crippen LogP contribution is 2.21. The number of furan rings is 1. The lowest BCUT2D eigenvalue weighted by molar-refractivity contribution is 0.0706. The molecule has 1 aromatic heterocycles. The Labute approximate surface area is 100 Å². The summed E-state index contributed by atoms with van der Waals surface area (Å²) in [5, 5.41) is 0.852. The smallest absolute Gasteiger partial charge is 0.192 e. The molecule has 2 rings (SSSR count). The number of ketones is 1. The molecule has 0 amide bonds. The predicted octanol–water partition coefficient (Wildman–Crippen LogP) is 3.29. The van der Waals surface area contributed by atoms with Crippen LogP contribution in [0.3, 0.4) is 0 Å². The first kappa shape index (κ1) is 11.9. The molecule has 0 N–H and O–H groups in total. The van der Waals surface area contributed by atoms with Gasteiger partial charge in [0.1, 0.15) is 18.5 Å². The number of para-hydroxylation sites is 1. The lowest BCUT2D eigenvalue weighted by Gasteiger charge is -2.05. The highest BCUT2D eigenvalue weighted by Gasteiger charge is 2.13. The van der Waals surface area contributed by atoms with Crippen molar-refractivity contribution in [3.63, 3.8) is 0 Å². The zero-order valence-corrected chi connectivity index (χ0v) is 10.1. The summed E-state index contributed by atoms with van der Waals surface area (Å²) in [6, 6.07) is 7.51. The normalized spacial score (nSPS) is 11.2. The van der Waals surface area contributed by atoms with Crippen LogP contribution in [-0.2, 0) is 4.74 Å². The first-order valence-electron chi connectivity index (χ1n) is 5.75. The summed E-state index contributed by atoms with van der Waals surface area (Å²) in [7, 11) is 0. The van der Waals surface area contributed by atoms with Crippen LogP contribution in [-0.4, -0.2) is 19.0 Å². The second-order valence-electron chi connectivity index (χ2n) is 4.48. The molecule has 3 nitrogen and oxygen atoms in total. The molecule has 3 heteroatoms. The molecular weight excluding hydrogens is 216 g/mol. The fourth-order valence-corrected chi connectivity index (χ4v) is 1.66. The van der Waals surface area contributed by atoms with E-state index in [1.807, 2.05) is 24.3 Å². The van der Waals surface area contributed by atoms with Crippen molar-refractivity contribution >= 4 is 16.8 Å². The van der Waals surface area contributed by atoms with E-state index >= 15 is 0 Å². The van der Waals surface area contributed by atoms with Crippen molar-refractivity contribution in [2.75, 3.05) is 13.2 Å². The average molecular weight is 232 g/mol.